The number of hydrogen-bond acceptors (Lipinski definition) is 5. The lowest BCUT2D eigenvalue weighted by molar-refractivity contribution is -0.385. The molecule has 9 heteroatoms. The molecule has 1 heterocycles. The van der Waals surface area contributed by atoms with Crippen LogP contribution in [0.15, 0.2) is 38.7 Å². The SMILES string of the molecule is O=C(O)c1ccc(Sc2c(F)cc([N+](=O)[O-])cc2F)o1. The lowest BCUT2D eigenvalue weighted by atomic mass is 10.3. The zero-order valence-electron chi connectivity index (χ0n) is 9.50. The van der Waals surface area contributed by atoms with Crippen LogP contribution < -0.4 is 0 Å². The van der Waals surface area contributed by atoms with E-state index in [2.05, 4.69) is 0 Å². The number of hydrogen-bond donors (Lipinski definition) is 1. The van der Waals surface area contributed by atoms with Gasteiger partial charge in [0.15, 0.2) is 5.09 Å². The first-order valence-electron chi connectivity index (χ1n) is 5.03. The number of aromatic carboxylic acids is 1. The molecule has 0 saturated carbocycles. The number of non-ortho nitro benzene ring substituents is 1. The van der Waals surface area contributed by atoms with Gasteiger partial charge in [0.2, 0.25) is 5.76 Å². The number of nitrogens with zero attached hydrogens (tertiary/aromatic N) is 1. The van der Waals surface area contributed by atoms with E-state index in [0.717, 1.165) is 6.07 Å². The summed E-state index contributed by atoms with van der Waals surface area (Å²) in [4.78, 5) is 19.6. The number of carboxylic acid groups (broad SMARTS) is 1. The highest BCUT2D eigenvalue weighted by Gasteiger charge is 2.19. The molecule has 0 aliphatic rings. The largest absolute Gasteiger partial charge is 0.475 e. The first-order chi connectivity index (χ1) is 9.38. The topological polar surface area (TPSA) is 93.6 Å². The van der Waals surface area contributed by atoms with Gasteiger partial charge in [-0.2, -0.15) is 0 Å². The van der Waals surface area contributed by atoms with Crippen molar-refractivity contribution >= 4 is 23.4 Å². The minimum absolute atomic E-state index is 0.0472. The van der Waals surface area contributed by atoms with E-state index in [1.54, 1.807) is 0 Å². The van der Waals surface area contributed by atoms with Crippen LogP contribution in [0.2, 0.25) is 0 Å². The summed E-state index contributed by atoms with van der Waals surface area (Å²) in [5.41, 5.74) is -0.713. The molecule has 104 valence electrons. The molecule has 0 bridgehead atoms. The number of benzene rings is 1. The predicted molar refractivity (Wildman–Crippen MR) is 62.8 cm³/mol. The Hall–Kier alpha value is -2.42. The number of carboxylic acids is 1. The number of nitro groups is 1. The van der Waals surface area contributed by atoms with Crippen molar-refractivity contribution in [3.05, 3.63) is 51.8 Å². The fourth-order valence-electron chi connectivity index (χ4n) is 1.34. The standard InChI is InChI=1S/C11H5F2NO5S/c12-6-3-5(14(17)18)4-7(13)10(6)20-9-2-1-8(19-9)11(15)16/h1-4H,(H,15,16). The lowest BCUT2D eigenvalue weighted by Gasteiger charge is -2.02. The Kier molecular flexibility index (Phi) is 3.70. The zero-order valence-corrected chi connectivity index (χ0v) is 10.3. The summed E-state index contributed by atoms with van der Waals surface area (Å²) in [6.07, 6.45) is 0. The third-order valence-corrected chi connectivity index (χ3v) is 3.20. The summed E-state index contributed by atoms with van der Waals surface area (Å²) >= 11 is 0.497. The van der Waals surface area contributed by atoms with E-state index in [0.29, 0.717) is 23.9 Å². The van der Waals surface area contributed by atoms with E-state index in [1.165, 1.54) is 6.07 Å². The molecule has 0 unspecified atom stereocenters. The Morgan fingerprint density at radius 1 is 1.30 bits per heavy atom. The molecule has 1 aromatic carbocycles. The van der Waals surface area contributed by atoms with E-state index in [9.17, 15) is 23.7 Å². The summed E-state index contributed by atoms with van der Waals surface area (Å²) in [6.45, 7) is 0. The van der Waals surface area contributed by atoms with Crippen LogP contribution in [0.3, 0.4) is 0 Å². The van der Waals surface area contributed by atoms with Crippen LogP contribution in [0.1, 0.15) is 10.6 Å². The molecule has 0 amide bonds. The van der Waals surface area contributed by atoms with Gasteiger partial charge in [-0.1, -0.05) is 0 Å². The third kappa shape index (κ3) is 2.77. The second-order valence-electron chi connectivity index (χ2n) is 3.52. The van der Waals surface area contributed by atoms with Gasteiger partial charge in [-0.25, -0.2) is 13.6 Å². The summed E-state index contributed by atoms with van der Waals surface area (Å²) in [6, 6.07) is 3.51. The molecule has 0 aliphatic carbocycles. The van der Waals surface area contributed by atoms with E-state index < -0.39 is 33.1 Å². The smallest absolute Gasteiger partial charge is 0.371 e. The second kappa shape index (κ2) is 5.29. The number of halogens is 2. The average Bonchev–Trinajstić information content (AvgIpc) is 2.82. The Balaban J connectivity index is 2.33. The molecular formula is C11H5F2NO5S. The number of nitro benzene ring substituents is 1. The first kappa shape index (κ1) is 14.0. The molecule has 0 spiro atoms. The molecule has 2 aromatic rings. The Bertz CT molecular complexity index is 677. The first-order valence-corrected chi connectivity index (χ1v) is 5.84. The van der Waals surface area contributed by atoms with Crippen molar-refractivity contribution in [2.75, 3.05) is 0 Å². The third-order valence-electron chi connectivity index (χ3n) is 2.19. The van der Waals surface area contributed by atoms with Gasteiger partial charge in [-0.15, -0.1) is 0 Å². The highest BCUT2D eigenvalue weighted by Crippen LogP contribution is 2.35. The molecule has 20 heavy (non-hydrogen) atoms. The molecule has 1 N–H and O–H groups in total. The van der Waals surface area contributed by atoms with Gasteiger partial charge in [0, 0.05) is 0 Å². The molecule has 0 radical (unpaired) electrons. The Labute approximate surface area is 114 Å². The minimum Gasteiger partial charge on any atom is -0.475 e. The molecule has 2 rings (SSSR count). The van der Waals surface area contributed by atoms with E-state index in [1.807, 2.05) is 0 Å². The quantitative estimate of drug-likeness (QED) is 0.687. The van der Waals surface area contributed by atoms with Gasteiger partial charge >= 0.3 is 5.97 Å². The van der Waals surface area contributed by atoms with Gasteiger partial charge in [0.1, 0.15) is 11.6 Å². The monoisotopic (exact) mass is 301 g/mol. The van der Waals surface area contributed by atoms with Crippen molar-refractivity contribution in [3.63, 3.8) is 0 Å². The fraction of sp³-hybridized carbons (Fsp3) is 0. The molecule has 0 saturated heterocycles. The van der Waals surface area contributed by atoms with Crippen molar-refractivity contribution < 1.29 is 28.0 Å². The Morgan fingerprint density at radius 2 is 1.90 bits per heavy atom. The lowest BCUT2D eigenvalue weighted by Crippen LogP contribution is -1.94. The van der Waals surface area contributed by atoms with Crippen LogP contribution in [0, 0.1) is 21.7 Å². The minimum atomic E-state index is -1.32. The maximum atomic E-state index is 13.6. The van der Waals surface area contributed by atoms with Crippen LogP contribution in [0.4, 0.5) is 14.5 Å². The van der Waals surface area contributed by atoms with Gasteiger partial charge < -0.3 is 9.52 Å². The van der Waals surface area contributed by atoms with Crippen LogP contribution in [0.25, 0.3) is 0 Å². The van der Waals surface area contributed by atoms with Crippen molar-refractivity contribution in [2.45, 2.75) is 9.99 Å². The van der Waals surface area contributed by atoms with Crippen molar-refractivity contribution in [1.29, 1.82) is 0 Å². The average molecular weight is 301 g/mol. The molecule has 0 atom stereocenters. The van der Waals surface area contributed by atoms with Gasteiger partial charge in [-0.05, 0) is 23.9 Å². The predicted octanol–water partition coefficient (Wildman–Crippen LogP) is 3.32. The highest BCUT2D eigenvalue weighted by molar-refractivity contribution is 7.99. The van der Waals surface area contributed by atoms with E-state index in [4.69, 9.17) is 9.52 Å². The van der Waals surface area contributed by atoms with Crippen LogP contribution >= 0.6 is 11.8 Å². The fourth-order valence-corrected chi connectivity index (χ4v) is 2.12. The summed E-state index contributed by atoms with van der Waals surface area (Å²) in [5.74, 6) is -3.96. The van der Waals surface area contributed by atoms with Crippen molar-refractivity contribution in [2.24, 2.45) is 0 Å². The molecular weight excluding hydrogens is 296 g/mol. The maximum absolute atomic E-state index is 13.6. The maximum Gasteiger partial charge on any atom is 0.371 e. The number of furan rings is 1. The van der Waals surface area contributed by atoms with E-state index >= 15 is 0 Å². The summed E-state index contributed by atoms with van der Waals surface area (Å²) in [5, 5.41) is 19.0. The van der Waals surface area contributed by atoms with Crippen LogP contribution in [-0.2, 0) is 0 Å². The van der Waals surface area contributed by atoms with Gasteiger partial charge in [-0.3, -0.25) is 10.1 Å². The Morgan fingerprint density at radius 3 is 2.35 bits per heavy atom. The normalized spacial score (nSPS) is 10.5. The number of carbonyl (C=O) groups is 1. The van der Waals surface area contributed by atoms with Crippen LogP contribution in [0.5, 0.6) is 0 Å². The second-order valence-corrected chi connectivity index (χ2v) is 4.54. The number of rotatable bonds is 4. The molecule has 0 aliphatic heterocycles. The van der Waals surface area contributed by atoms with Crippen molar-refractivity contribution in [1.82, 2.24) is 0 Å². The molecule has 0 fully saturated rings. The molecule has 6 nitrogen and oxygen atoms in total. The summed E-state index contributed by atoms with van der Waals surface area (Å²) < 4.78 is 32.0. The van der Waals surface area contributed by atoms with Gasteiger partial charge in [0.25, 0.3) is 5.69 Å². The zero-order chi connectivity index (χ0) is 14.9. The van der Waals surface area contributed by atoms with Crippen molar-refractivity contribution in [3.8, 4) is 0 Å². The summed E-state index contributed by atoms with van der Waals surface area (Å²) in [7, 11) is 0. The van der Waals surface area contributed by atoms with E-state index in [-0.39, 0.29) is 10.9 Å². The molecule has 1 aromatic heterocycles. The van der Waals surface area contributed by atoms with Crippen LogP contribution in [-0.4, -0.2) is 16.0 Å². The van der Waals surface area contributed by atoms with Gasteiger partial charge in [0.05, 0.1) is 22.0 Å². The highest BCUT2D eigenvalue weighted by atomic mass is 32.2.